The average molecular weight is 420 g/mol. The molecule has 0 aromatic heterocycles. The molecule has 0 spiro atoms. The molecule has 7 heteroatoms. The standard InChI is InChI=1S/C22H41N3O3.Na.H/c1-3-4-5-6-7-8-9-10-11-12-13-14-15-16-17-18-20(26)28-21(27)19-25(2)22(23)24;;/h10-11H,3-9,12-19H2,1-2H3,(H3,23,24);;/q;+1;-1/b11-10-;;. The number of nitrogens with one attached hydrogen (secondary N) is 1. The van der Waals surface area contributed by atoms with Gasteiger partial charge in [0, 0.05) is 13.5 Å². The molecule has 0 aromatic carbocycles. The SMILES string of the molecule is CCCCCCCC/C=C\CCCCCCCC(=O)OC(=O)CN(C)C(=N)N.[H-].[Na+]. The Hall–Kier alpha value is -0.850. The van der Waals surface area contributed by atoms with Crippen molar-refractivity contribution in [3.8, 4) is 0 Å². The summed E-state index contributed by atoms with van der Waals surface area (Å²) in [6.45, 7) is 2.06. The second kappa shape index (κ2) is 21.8. The number of hydrogen-bond donors (Lipinski definition) is 2. The van der Waals surface area contributed by atoms with E-state index < -0.39 is 11.9 Å². The topological polar surface area (TPSA) is 96.5 Å². The molecule has 29 heavy (non-hydrogen) atoms. The molecule has 0 bridgehead atoms. The van der Waals surface area contributed by atoms with Gasteiger partial charge < -0.3 is 16.8 Å². The minimum atomic E-state index is -0.671. The van der Waals surface area contributed by atoms with E-state index in [1.165, 1.54) is 69.7 Å². The predicted molar refractivity (Wildman–Crippen MR) is 116 cm³/mol. The summed E-state index contributed by atoms with van der Waals surface area (Å²) >= 11 is 0. The first-order valence-electron chi connectivity index (χ1n) is 10.9. The van der Waals surface area contributed by atoms with E-state index >= 15 is 0 Å². The van der Waals surface area contributed by atoms with Gasteiger partial charge in [-0.3, -0.25) is 10.2 Å². The van der Waals surface area contributed by atoms with Gasteiger partial charge in [-0.05, 0) is 32.1 Å². The maximum absolute atomic E-state index is 11.6. The number of likely N-dealkylation sites (N-methyl/N-ethyl adjacent to an activating group) is 1. The molecule has 0 saturated heterocycles. The van der Waals surface area contributed by atoms with Gasteiger partial charge in [-0.1, -0.05) is 70.4 Å². The maximum atomic E-state index is 11.6. The Labute approximate surface area is 201 Å². The molecule has 0 unspecified atom stereocenters. The summed E-state index contributed by atoms with van der Waals surface area (Å²) in [5, 5.41) is 7.16. The molecule has 3 N–H and O–H groups in total. The summed E-state index contributed by atoms with van der Waals surface area (Å²) in [6, 6.07) is 0. The third kappa shape index (κ3) is 21.7. The number of unbranched alkanes of at least 4 members (excludes halogenated alkanes) is 11. The Kier molecular flexibility index (Phi) is 22.9. The molecular weight excluding hydrogens is 377 g/mol. The van der Waals surface area contributed by atoms with Gasteiger partial charge in [-0.15, -0.1) is 0 Å². The number of esters is 2. The fraction of sp³-hybridized carbons (Fsp3) is 0.773. The van der Waals surface area contributed by atoms with Gasteiger partial charge in [0.2, 0.25) is 0 Å². The molecule has 164 valence electrons. The van der Waals surface area contributed by atoms with Crippen LogP contribution in [0.15, 0.2) is 12.2 Å². The molecule has 6 nitrogen and oxygen atoms in total. The molecule has 0 saturated carbocycles. The van der Waals surface area contributed by atoms with E-state index in [9.17, 15) is 9.59 Å². The van der Waals surface area contributed by atoms with Gasteiger partial charge in [0.15, 0.2) is 5.96 Å². The third-order valence-electron chi connectivity index (χ3n) is 4.65. The van der Waals surface area contributed by atoms with Gasteiger partial charge in [0.1, 0.15) is 6.54 Å². The van der Waals surface area contributed by atoms with E-state index in [2.05, 4.69) is 19.1 Å². The van der Waals surface area contributed by atoms with E-state index in [1.54, 1.807) is 0 Å². The molecule has 0 heterocycles. The molecule has 0 atom stereocenters. The van der Waals surface area contributed by atoms with Gasteiger partial charge in [0.25, 0.3) is 0 Å². The summed E-state index contributed by atoms with van der Waals surface area (Å²) in [5.41, 5.74) is 5.23. The molecule has 0 aliphatic carbocycles. The van der Waals surface area contributed by atoms with E-state index in [0.29, 0.717) is 0 Å². The van der Waals surface area contributed by atoms with Crippen molar-refractivity contribution in [3.63, 3.8) is 0 Å². The van der Waals surface area contributed by atoms with Crippen LogP contribution in [0.4, 0.5) is 0 Å². The summed E-state index contributed by atoms with van der Waals surface area (Å²) in [4.78, 5) is 24.3. The van der Waals surface area contributed by atoms with Crippen molar-refractivity contribution in [2.75, 3.05) is 13.6 Å². The smallest absolute Gasteiger partial charge is 1.00 e. The Morgan fingerprint density at radius 1 is 0.897 bits per heavy atom. The number of carbonyl (C=O) groups is 2. The largest absolute Gasteiger partial charge is 1.00 e. The first-order valence-corrected chi connectivity index (χ1v) is 10.9. The molecular formula is C22H42N3NaO3. The van der Waals surface area contributed by atoms with Crippen LogP contribution in [0.25, 0.3) is 0 Å². The summed E-state index contributed by atoms with van der Waals surface area (Å²) in [7, 11) is 1.50. The predicted octanol–water partition coefficient (Wildman–Crippen LogP) is 2.04. The van der Waals surface area contributed by atoms with Crippen LogP contribution in [0.5, 0.6) is 0 Å². The molecule has 0 aliphatic rings. The average Bonchev–Trinajstić information content (AvgIpc) is 2.64. The van der Waals surface area contributed by atoms with Crippen molar-refractivity contribution >= 4 is 17.9 Å². The second-order valence-electron chi connectivity index (χ2n) is 7.42. The zero-order valence-electron chi connectivity index (χ0n) is 20.0. The van der Waals surface area contributed by atoms with E-state index in [0.717, 1.165) is 25.7 Å². The molecule has 0 radical (unpaired) electrons. The molecule has 0 fully saturated rings. The number of allylic oxidation sites excluding steroid dienone is 2. The summed E-state index contributed by atoms with van der Waals surface area (Å²) < 4.78 is 4.71. The zero-order valence-corrected chi connectivity index (χ0v) is 21.0. The minimum Gasteiger partial charge on any atom is -1.00 e. The third-order valence-corrected chi connectivity index (χ3v) is 4.65. The number of guanidine groups is 1. The monoisotopic (exact) mass is 419 g/mol. The number of rotatable bonds is 17. The molecule has 0 aliphatic heterocycles. The fourth-order valence-corrected chi connectivity index (χ4v) is 2.83. The summed E-state index contributed by atoms with van der Waals surface area (Å²) in [6.07, 6.45) is 20.5. The van der Waals surface area contributed by atoms with Gasteiger partial charge >= 0.3 is 41.5 Å². The summed E-state index contributed by atoms with van der Waals surface area (Å²) in [5.74, 6) is -1.41. The molecule has 0 amide bonds. The number of hydrogen-bond acceptors (Lipinski definition) is 4. The first-order chi connectivity index (χ1) is 13.5. The van der Waals surface area contributed by atoms with Crippen LogP contribution in [0, 0.1) is 5.41 Å². The van der Waals surface area contributed by atoms with E-state index in [4.69, 9.17) is 15.9 Å². The van der Waals surface area contributed by atoms with Crippen molar-refractivity contribution in [2.45, 2.75) is 96.8 Å². The van der Waals surface area contributed by atoms with Crippen molar-refractivity contribution in [2.24, 2.45) is 5.73 Å². The van der Waals surface area contributed by atoms with Crippen LogP contribution in [0.3, 0.4) is 0 Å². The molecule has 0 aromatic rings. The van der Waals surface area contributed by atoms with Crippen LogP contribution in [0.2, 0.25) is 0 Å². The van der Waals surface area contributed by atoms with Crippen LogP contribution in [-0.2, 0) is 14.3 Å². The number of nitrogens with two attached hydrogens (primary N) is 1. The van der Waals surface area contributed by atoms with Gasteiger partial charge in [0.05, 0.1) is 0 Å². The van der Waals surface area contributed by atoms with Crippen molar-refractivity contribution in [1.29, 1.82) is 5.41 Å². The maximum Gasteiger partial charge on any atom is 1.00 e. The Morgan fingerprint density at radius 2 is 1.38 bits per heavy atom. The van der Waals surface area contributed by atoms with Crippen molar-refractivity contribution in [1.82, 2.24) is 4.90 Å². The van der Waals surface area contributed by atoms with Crippen LogP contribution < -0.4 is 35.3 Å². The number of ether oxygens (including phenoxy) is 1. The van der Waals surface area contributed by atoms with E-state index in [1.807, 2.05) is 0 Å². The quantitative estimate of drug-likeness (QED) is 0.0715. The van der Waals surface area contributed by atoms with Crippen LogP contribution in [0.1, 0.15) is 98.2 Å². The Morgan fingerprint density at radius 3 is 1.90 bits per heavy atom. The van der Waals surface area contributed by atoms with E-state index in [-0.39, 0.29) is 49.9 Å². The Balaban J connectivity index is -0.00000364. The molecule has 0 rings (SSSR count). The van der Waals surface area contributed by atoms with Gasteiger partial charge in [-0.2, -0.15) is 0 Å². The Bertz CT molecular complexity index is 477. The first kappa shape index (κ1) is 30.3. The van der Waals surface area contributed by atoms with Crippen LogP contribution >= 0.6 is 0 Å². The van der Waals surface area contributed by atoms with Crippen LogP contribution in [-0.4, -0.2) is 36.4 Å². The van der Waals surface area contributed by atoms with Crippen molar-refractivity contribution in [3.05, 3.63) is 12.2 Å². The van der Waals surface area contributed by atoms with Crippen molar-refractivity contribution < 1.29 is 45.3 Å². The second-order valence-corrected chi connectivity index (χ2v) is 7.42. The number of nitrogens with zero attached hydrogens (tertiary/aromatic N) is 1. The van der Waals surface area contributed by atoms with Gasteiger partial charge in [-0.25, -0.2) is 4.79 Å². The fourth-order valence-electron chi connectivity index (χ4n) is 2.83. The number of carbonyl (C=O) groups excluding carboxylic acids is 2. The zero-order chi connectivity index (χ0) is 21.0. The normalized spacial score (nSPS) is 10.6. The minimum absolute atomic E-state index is 0.